The topological polar surface area (TPSA) is 37.6 Å². The largest absolute Gasteiger partial charge is 0.497 e. The first-order valence-corrected chi connectivity index (χ1v) is 5.89. The number of allylic oxidation sites excluding steroid dienone is 6. The van der Waals surface area contributed by atoms with Crippen LogP contribution in [0, 0.1) is 0 Å². The summed E-state index contributed by atoms with van der Waals surface area (Å²) in [5.74, 6) is 1.53. The fourth-order valence-electron chi connectivity index (χ4n) is 1.84. The van der Waals surface area contributed by atoms with Crippen LogP contribution in [0.5, 0.6) is 5.75 Å². The van der Waals surface area contributed by atoms with Crippen LogP contribution in [0.15, 0.2) is 54.1 Å². The van der Waals surface area contributed by atoms with Crippen molar-refractivity contribution in [2.45, 2.75) is 0 Å². The highest BCUT2D eigenvalue weighted by molar-refractivity contribution is 6.12. The molecule has 0 saturated heterocycles. The SMILES string of the molecule is COc1ccc(C(C=O)=C2C=CC(=[O+]C)C=C2)cc1. The molecule has 0 heterocycles. The highest BCUT2D eigenvalue weighted by Gasteiger charge is 2.11. The summed E-state index contributed by atoms with van der Waals surface area (Å²) in [7, 11) is 3.23. The van der Waals surface area contributed by atoms with E-state index in [0.717, 1.165) is 29.0 Å². The number of aldehydes is 1. The van der Waals surface area contributed by atoms with E-state index in [1.54, 1.807) is 14.2 Å². The van der Waals surface area contributed by atoms with Gasteiger partial charge in [-0.25, -0.2) is 0 Å². The molecule has 19 heavy (non-hydrogen) atoms. The highest BCUT2D eigenvalue weighted by Crippen LogP contribution is 2.22. The molecule has 0 spiro atoms. The van der Waals surface area contributed by atoms with Crippen LogP contribution < -0.4 is 4.74 Å². The van der Waals surface area contributed by atoms with Crippen LogP contribution in [0.2, 0.25) is 0 Å². The van der Waals surface area contributed by atoms with Gasteiger partial charge in [0.2, 0.25) is 0 Å². The molecule has 3 heteroatoms. The summed E-state index contributed by atoms with van der Waals surface area (Å²) < 4.78 is 10.2. The summed E-state index contributed by atoms with van der Waals surface area (Å²) in [6.07, 6.45) is 8.27. The van der Waals surface area contributed by atoms with Crippen LogP contribution in [0.4, 0.5) is 0 Å². The molecule has 96 valence electrons. The number of hydrogen-bond acceptors (Lipinski definition) is 2. The maximum atomic E-state index is 11.3. The van der Waals surface area contributed by atoms with E-state index in [-0.39, 0.29) is 0 Å². The molecule has 0 aliphatic heterocycles. The summed E-state index contributed by atoms with van der Waals surface area (Å²) in [5, 5.41) is 0. The molecule has 3 nitrogen and oxygen atoms in total. The van der Waals surface area contributed by atoms with Crippen molar-refractivity contribution in [3.63, 3.8) is 0 Å². The molecule has 0 atom stereocenters. The minimum atomic E-state index is 0.644. The number of carbonyl (C=O) groups excluding carboxylic acids is 2. The Kier molecular flexibility index (Phi) is 4.08. The normalized spacial score (nSPS) is 13.4. The van der Waals surface area contributed by atoms with Crippen LogP contribution in [-0.2, 0) is 9.22 Å². The molecule has 0 radical (unpaired) electrons. The van der Waals surface area contributed by atoms with Crippen LogP contribution in [0.25, 0.3) is 5.57 Å². The van der Waals surface area contributed by atoms with Crippen molar-refractivity contribution < 1.29 is 14.0 Å². The van der Waals surface area contributed by atoms with Crippen molar-refractivity contribution >= 4 is 17.6 Å². The van der Waals surface area contributed by atoms with E-state index < -0.39 is 0 Å². The van der Waals surface area contributed by atoms with Gasteiger partial charge in [-0.15, -0.1) is 0 Å². The first-order valence-electron chi connectivity index (χ1n) is 5.89. The Labute approximate surface area is 112 Å². The molecule has 0 N–H and O–H groups in total. The number of hydrogen-bond donors (Lipinski definition) is 0. The van der Waals surface area contributed by atoms with Gasteiger partial charge in [-0.1, -0.05) is 12.1 Å². The zero-order chi connectivity index (χ0) is 13.7. The number of carbonyl (C=O) groups is 1. The van der Waals surface area contributed by atoms with Gasteiger partial charge >= 0.3 is 5.78 Å². The summed E-state index contributed by atoms with van der Waals surface area (Å²) in [5.41, 5.74) is 2.37. The number of ketones is 1. The van der Waals surface area contributed by atoms with Crippen molar-refractivity contribution in [1.82, 2.24) is 0 Å². The molecule has 0 saturated carbocycles. The van der Waals surface area contributed by atoms with E-state index in [9.17, 15) is 4.79 Å². The van der Waals surface area contributed by atoms with E-state index in [1.807, 2.05) is 48.6 Å². The molecule has 1 aromatic carbocycles. The Morgan fingerprint density at radius 2 is 1.74 bits per heavy atom. The highest BCUT2D eigenvalue weighted by atomic mass is 16.5. The lowest BCUT2D eigenvalue weighted by Crippen LogP contribution is -1.98. The quantitative estimate of drug-likeness (QED) is 0.473. The Hall–Kier alpha value is -2.42. The molecular formula is C16H15O3+. The fraction of sp³-hybridized carbons (Fsp3) is 0.125. The maximum absolute atomic E-state index is 11.3. The first-order chi connectivity index (χ1) is 9.28. The van der Waals surface area contributed by atoms with Crippen molar-refractivity contribution in [3.8, 4) is 5.75 Å². The van der Waals surface area contributed by atoms with Gasteiger partial charge in [0.25, 0.3) is 7.11 Å². The molecule has 0 aromatic heterocycles. The van der Waals surface area contributed by atoms with Gasteiger partial charge < -0.3 is 4.74 Å². The van der Waals surface area contributed by atoms with Crippen molar-refractivity contribution in [3.05, 3.63) is 59.7 Å². The van der Waals surface area contributed by atoms with E-state index in [0.29, 0.717) is 5.57 Å². The van der Waals surface area contributed by atoms with E-state index in [1.165, 1.54) is 0 Å². The Morgan fingerprint density at radius 1 is 1.11 bits per heavy atom. The van der Waals surface area contributed by atoms with Gasteiger partial charge in [-0.05, 0) is 35.4 Å². The maximum Gasteiger partial charge on any atom is 0.343 e. The smallest absolute Gasteiger partial charge is 0.343 e. The molecule has 1 aliphatic carbocycles. The number of benzene rings is 1. The van der Waals surface area contributed by atoms with Crippen molar-refractivity contribution in [1.29, 1.82) is 0 Å². The molecule has 2 rings (SSSR count). The average Bonchev–Trinajstić information content (AvgIpc) is 2.49. The zero-order valence-electron chi connectivity index (χ0n) is 10.9. The molecule has 1 aromatic rings. The Bertz CT molecular complexity index is 569. The van der Waals surface area contributed by atoms with Gasteiger partial charge in [-0.2, -0.15) is 0 Å². The van der Waals surface area contributed by atoms with Crippen molar-refractivity contribution in [2.75, 3.05) is 14.2 Å². The first kappa shape index (κ1) is 13.0. The van der Waals surface area contributed by atoms with Gasteiger partial charge in [-0.3, -0.25) is 9.22 Å². The van der Waals surface area contributed by atoms with Gasteiger partial charge in [0.05, 0.1) is 7.11 Å². The minimum absolute atomic E-state index is 0.644. The third-order valence-corrected chi connectivity index (χ3v) is 2.92. The van der Waals surface area contributed by atoms with Crippen LogP contribution in [0.3, 0.4) is 0 Å². The van der Waals surface area contributed by atoms with Crippen LogP contribution >= 0.6 is 0 Å². The fourth-order valence-corrected chi connectivity index (χ4v) is 1.84. The van der Waals surface area contributed by atoms with Crippen molar-refractivity contribution in [2.24, 2.45) is 0 Å². The standard InChI is InChI=1S/C16H15O3/c1-18-14-7-3-12(4-8-14)16(11-17)13-5-9-15(19-2)10-6-13/h3-11H,1-2H3/q+1. The van der Waals surface area contributed by atoms with Gasteiger partial charge in [0, 0.05) is 17.7 Å². The molecule has 0 amide bonds. The molecule has 0 unspecified atom stereocenters. The number of methoxy groups -OCH3 is 1. The Morgan fingerprint density at radius 3 is 2.21 bits per heavy atom. The summed E-state index contributed by atoms with van der Waals surface area (Å²) in [6.45, 7) is 0. The monoisotopic (exact) mass is 255 g/mol. The third-order valence-electron chi connectivity index (χ3n) is 2.92. The summed E-state index contributed by atoms with van der Waals surface area (Å²) >= 11 is 0. The average molecular weight is 255 g/mol. The van der Waals surface area contributed by atoms with Crippen LogP contribution in [0.1, 0.15) is 5.56 Å². The lowest BCUT2D eigenvalue weighted by atomic mass is 9.97. The van der Waals surface area contributed by atoms with Crippen LogP contribution in [-0.4, -0.2) is 26.3 Å². The number of ether oxygens (including phenoxy) is 1. The van der Waals surface area contributed by atoms with E-state index in [4.69, 9.17) is 9.16 Å². The second kappa shape index (κ2) is 5.96. The summed E-state index contributed by atoms with van der Waals surface area (Å²) in [4.78, 5) is 11.3. The second-order valence-corrected chi connectivity index (χ2v) is 3.99. The molecule has 1 aliphatic rings. The molecule has 0 fully saturated rings. The lowest BCUT2D eigenvalue weighted by Gasteiger charge is -2.06. The van der Waals surface area contributed by atoms with E-state index in [2.05, 4.69) is 0 Å². The second-order valence-electron chi connectivity index (χ2n) is 3.99. The lowest BCUT2D eigenvalue weighted by molar-refractivity contribution is -0.417. The van der Waals surface area contributed by atoms with E-state index >= 15 is 0 Å². The zero-order valence-corrected chi connectivity index (χ0v) is 10.9. The minimum Gasteiger partial charge on any atom is -0.497 e. The third kappa shape index (κ3) is 2.88. The molecule has 0 bridgehead atoms. The Balaban J connectivity index is 2.39. The predicted molar refractivity (Wildman–Crippen MR) is 75.2 cm³/mol. The van der Waals surface area contributed by atoms with Gasteiger partial charge in [0.15, 0.2) is 6.29 Å². The summed E-state index contributed by atoms with van der Waals surface area (Å²) in [6, 6.07) is 7.41. The van der Waals surface area contributed by atoms with Gasteiger partial charge in [0.1, 0.15) is 5.75 Å². The predicted octanol–water partition coefficient (Wildman–Crippen LogP) is 2.51. The molecular weight excluding hydrogens is 240 g/mol. The number of rotatable bonds is 3.